The van der Waals surface area contributed by atoms with Crippen LogP contribution < -0.4 is 5.32 Å². The topological polar surface area (TPSA) is 81.8 Å². The number of nitrogens with zero attached hydrogens (tertiary/aromatic N) is 3. The van der Waals surface area contributed by atoms with Crippen molar-refractivity contribution in [3.63, 3.8) is 0 Å². The van der Waals surface area contributed by atoms with Gasteiger partial charge in [0.25, 0.3) is 0 Å². The fourth-order valence-corrected chi connectivity index (χ4v) is 2.95. The maximum Gasteiger partial charge on any atom is 0.242 e. The second kappa shape index (κ2) is 9.00. The number of aromatic nitrogens is 1. The van der Waals surface area contributed by atoms with E-state index in [1.807, 2.05) is 0 Å². The highest BCUT2D eigenvalue weighted by Gasteiger charge is 2.29. The number of β-amino-alcohol motifs (C(OH)–C–C–N with tert-alkyl or cyclic N) is 1. The number of hydrogen-bond donors (Lipinski definition) is 2. The summed E-state index contributed by atoms with van der Waals surface area (Å²) in [5.74, 6) is 1.15. The molecular weight excluding hydrogens is 296 g/mol. The average Bonchev–Trinajstić information content (AvgIpc) is 2.94. The third-order valence-corrected chi connectivity index (χ3v) is 4.28. The van der Waals surface area contributed by atoms with Crippen molar-refractivity contribution in [2.45, 2.75) is 39.2 Å². The van der Waals surface area contributed by atoms with E-state index >= 15 is 0 Å². The molecule has 7 nitrogen and oxygen atoms in total. The molecule has 0 radical (unpaired) electrons. The molecule has 1 amide bonds. The molecule has 2 rings (SSSR count). The minimum atomic E-state index is -0.136. The van der Waals surface area contributed by atoms with Crippen LogP contribution in [0.1, 0.15) is 31.9 Å². The van der Waals surface area contributed by atoms with Crippen molar-refractivity contribution in [3.05, 3.63) is 11.8 Å². The van der Waals surface area contributed by atoms with Crippen molar-refractivity contribution in [2.75, 3.05) is 44.6 Å². The van der Waals surface area contributed by atoms with Gasteiger partial charge in [-0.1, -0.05) is 24.9 Å². The zero-order valence-corrected chi connectivity index (χ0v) is 14.1. The summed E-state index contributed by atoms with van der Waals surface area (Å²) in [4.78, 5) is 17.1. The van der Waals surface area contributed by atoms with Gasteiger partial charge in [0.1, 0.15) is 5.76 Å². The minimum Gasteiger partial charge on any atom is -0.395 e. The first-order chi connectivity index (χ1) is 11.1. The van der Waals surface area contributed by atoms with Gasteiger partial charge in [-0.3, -0.25) is 14.6 Å². The molecule has 0 saturated carbocycles. The number of aliphatic hydroxyl groups is 1. The molecule has 2 N–H and O–H groups in total. The van der Waals surface area contributed by atoms with E-state index in [4.69, 9.17) is 9.63 Å². The van der Waals surface area contributed by atoms with Gasteiger partial charge in [-0.05, 0) is 13.3 Å². The van der Waals surface area contributed by atoms with Gasteiger partial charge in [-0.25, -0.2) is 0 Å². The van der Waals surface area contributed by atoms with Crippen LogP contribution in [0.5, 0.6) is 0 Å². The number of carbonyl (C=O) groups is 1. The number of piperazine rings is 1. The Bertz CT molecular complexity index is 483. The van der Waals surface area contributed by atoms with Crippen molar-refractivity contribution in [3.8, 4) is 0 Å². The molecule has 23 heavy (non-hydrogen) atoms. The van der Waals surface area contributed by atoms with E-state index in [2.05, 4.69) is 27.2 Å². The number of nitrogens with one attached hydrogen (secondary N) is 1. The lowest BCUT2D eigenvalue weighted by Gasteiger charge is -2.38. The van der Waals surface area contributed by atoms with Crippen molar-refractivity contribution >= 4 is 11.7 Å². The molecule has 7 heteroatoms. The van der Waals surface area contributed by atoms with Crippen molar-refractivity contribution in [1.29, 1.82) is 0 Å². The predicted molar refractivity (Wildman–Crippen MR) is 88.3 cm³/mol. The van der Waals surface area contributed by atoms with Crippen LogP contribution in [0.2, 0.25) is 0 Å². The maximum atomic E-state index is 12.6. The molecule has 1 aliphatic rings. The van der Waals surface area contributed by atoms with E-state index in [-0.39, 0.29) is 18.6 Å². The Morgan fingerprint density at radius 2 is 2.17 bits per heavy atom. The molecular formula is C16H28N4O3. The number of aryl methyl sites for hydroxylation is 1. The summed E-state index contributed by atoms with van der Waals surface area (Å²) in [5.41, 5.74) is 0. The Morgan fingerprint density at radius 3 is 2.74 bits per heavy atom. The molecule has 0 spiro atoms. The first kappa shape index (κ1) is 17.9. The van der Waals surface area contributed by atoms with Gasteiger partial charge in [0.05, 0.1) is 12.6 Å². The quantitative estimate of drug-likeness (QED) is 0.745. The Kier molecular flexibility index (Phi) is 7.01. The molecule has 0 aliphatic carbocycles. The smallest absolute Gasteiger partial charge is 0.242 e. The normalized spacial score (nSPS) is 18.0. The van der Waals surface area contributed by atoms with E-state index in [9.17, 15) is 4.79 Å². The highest BCUT2D eigenvalue weighted by atomic mass is 16.5. The monoisotopic (exact) mass is 324 g/mol. The number of aliphatic hydroxyl groups excluding tert-OH is 1. The summed E-state index contributed by atoms with van der Waals surface area (Å²) in [5, 5.41) is 15.7. The molecule has 1 aromatic heterocycles. The fourth-order valence-electron chi connectivity index (χ4n) is 2.95. The fraction of sp³-hybridized carbons (Fsp3) is 0.750. The molecule has 1 saturated heterocycles. The zero-order valence-electron chi connectivity index (χ0n) is 14.1. The summed E-state index contributed by atoms with van der Waals surface area (Å²) < 4.78 is 5.00. The Labute approximate surface area is 137 Å². The van der Waals surface area contributed by atoms with E-state index in [1.165, 1.54) is 0 Å². The van der Waals surface area contributed by atoms with Crippen LogP contribution in [-0.2, 0) is 4.79 Å². The first-order valence-corrected chi connectivity index (χ1v) is 8.45. The van der Waals surface area contributed by atoms with Crippen LogP contribution in [0.25, 0.3) is 0 Å². The van der Waals surface area contributed by atoms with Crippen molar-refractivity contribution < 1.29 is 14.4 Å². The highest BCUT2D eigenvalue weighted by Crippen LogP contribution is 2.15. The highest BCUT2D eigenvalue weighted by molar-refractivity contribution is 5.94. The van der Waals surface area contributed by atoms with Crippen LogP contribution in [-0.4, -0.2) is 71.3 Å². The van der Waals surface area contributed by atoms with Gasteiger partial charge in [-0.15, -0.1) is 0 Å². The molecule has 1 atom stereocenters. The Morgan fingerprint density at radius 1 is 1.43 bits per heavy atom. The van der Waals surface area contributed by atoms with Gasteiger partial charge < -0.3 is 14.9 Å². The molecule has 0 bridgehead atoms. The lowest BCUT2D eigenvalue weighted by Crippen LogP contribution is -2.54. The van der Waals surface area contributed by atoms with E-state index < -0.39 is 0 Å². The molecule has 1 aromatic rings. The van der Waals surface area contributed by atoms with Gasteiger partial charge in [0.15, 0.2) is 5.82 Å². The molecule has 130 valence electrons. The van der Waals surface area contributed by atoms with Crippen LogP contribution >= 0.6 is 0 Å². The Hall–Kier alpha value is -1.44. The number of unbranched alkanes of at least 4 members (excludes halogenated alkanes) is 1. The van der Waals surface area contributed by atoms with Gasteiger partial charge in [0, 0.05) is 38.8 Å². The summed E-state index contributed by atoms with van der Waals surface area (Å²) in [6, 6.07) is 1.59. The van der Waals surface area contributed by atoms with E-state index in [1.54, 1.807) is 13.0 Å². The summed E-state index contributed by atoms with van der Waals surface area (Å²) in [6.45, 7) is 8.30. The summed E-state index contributed by atoms with van der Waals surface area (Å²) >= 11 is 0. The number of anilines is 1. The Balaban J connectivity index is 1.94. The standard InChI is InChI=1S/C16H28N4O3/c1-3-4-5-14(16(22)17-15-12-13(2)23-18-15)20-8-6-19(7-9-20)10-11-21/h12,14,21H,3-11H2,1-2H3,(H,17,18,22). The zero-order chi connectivity index (χ0) is 16.7. The van der Waals surface area contributed by atoms with Gasteiger partial charge in [-0.2, -0.15) is 0 Å². The van der Waals surface area contributed by atoms with Gasteiger partial charge >= 0.3 is 0 Å². The minimum absolute atomic E-state index is 0.0117. The lowest BCUT2D eigenvalue weighted by molar-refractivity contribution is -0.122. The summed E-state index contributed by atoms with van der Waals surface area (Å²) in [7, 11) is 0. The van der Waals surface area contributed by atoms with Crippen molar-refractivity contribution in [2.24, 2.45) is 0 Å². The average molecular weight is 324 g/mol. The van der Waals surface area contributed by atoms with E-state index in [0.29, 0.717) is 18.1 Å². The molecule has 0 aromatic carbocycles. The van der Waals surface area contributed by atoms with Crippen LogP contribution in [0.4, 0.5) is 5.82 Å². The molecule has 1 fully saturated rings. The number of amides is 1. The molecule has 1 unspecified atom stereocenters. The predicted octanol–water partition coefficient (Wildman–Crippen LogP) is 1.09. The number of hydrogen-bond acceptors (Lipinski definition) is 6. The second-order valence-corrected chi connectivity index (χ2v) is 6.07. The second-order valence-electron chi connectivity index (χ2n) is 6.07. The SMILES string of the molecule is CCCCC(C(=O)Nc1cc(C)on1)N1CCN(CCO)CC1. The third-order valence-electron chi connectivity index (χ3n) is 4.28. The van der Waals surface area contributed by atoms with E-state index in [0.717, 1.165) is 45.4 Å². The third kappa shape index (κ3) is 5.30. The van der Waals surface area contributed by atoms with Crippen LogP contribution in [0.3, 0.4) is 0 Å². The number of rotatable bonds is 8. The first-order valence-electron chi connectivity index (χ1n) is 8.45. The lowest BCUT2D eigenvalue weighted by atomic mass is 10.1. The largest absolute Gasteiger partial charge is 0.395 e. The molecule has 1 aliphatic heterocycles. The molecule has 2 heterocycles. The van der Waals surface area contributed by atoms with Crippen LogP contribution in [0, 0.1) is 6.92 Å². The van der Waals surface area contributed by atoms with Crippen LogP contribution in [0.15, 0.2) is 10.6 Å². The van der Waals surface area contributed by atoms with Gasteiger partial charge in [0.2, 0.25) is 5.91 Å². The van der Waals surface area contributed by atoms with Crippen molar-refractivity contribution in [1.82, 2.24) is 15.0 Å². The number of carbonyl (C=O) groups excluding carboxylic acids is 1. The summed E-state index contributed by atoms with van der Waals surface area (Å²) in [6.07, 6.45) is 2.93. The maximum absolute atomic E-state index is 12.6.